The van der Waals surface area contributed by atoms with Gasteiger partial charge in [0.2, 0.25) is 0 Å². The van der Waals surface area contributed by atoms with Crippen molar-refractivity contribution in [3.63, 3.8) is 0 Å². The zero-order valence-electron chi connectivity index (χ0n) is 15.0. The Bertz CT molecular complexity index is 894. The van der Waals surface area contributed by atoms with E-state index in [1.165, 1.54) is 0 Å². The molecule has 3 aromatic rings. The van der Waals surface area contributed by atoms with Crippen molar-refractivity contribution in [3.8, 4) is 0 Å². The van der Waals surface area contributed by atoms with Crippen LogP contribution in [0.5, 0.6) is 0 Å². The standard InChI is InChI=1S/C19H23N5O2/c1-12(2)17(18-23-22-16-7-8-20-9-10-24(16)18)21-19(25)15-11-13-5-3-4-6-14(13)26-15/h3-6,11-12,17,20H,7-10H2,1-2H3,(H,21,25). The predicted molar refractivity (Wildman–Crippen MR) is 97.9 cm³/mol. The number of hydrogen-bond donors (Lipinski definition) is 2. The van der Waals surface area contributed by atoms with E-state index in [-0.39, 0.29) is 17.9 Å². The summed E-state index contributed by atoms with van der Waals surface area (Å²) < 4.78 is 7.82. The second kappa shape index (κ2) is 6.92. The Hall–Kier alpha value is -2.67. The van der Waals surface area contributed by atoms with E-state index in [2.05, 4.69) is 39.2 Å². The van der Waals surface area contributed by atoms with Crippen LogP contribution >= 0.6 is 0 Å². The Balaban J connectivity index is 1.61. The van der Waals surface area contributed by atoms with Crippen LogP contribution in [0.4, 0.5) is 0 Å². The van der Waals surface area contributed by atoms with Crippen LogP contribution in [0.1, 0.15) is 42.1 Å². The summed E-state index contributed by atoms with van der Waals surface area (Å²) in [5.74, 6) is 2.03. The average molecular weight is 353 g/mol. The van der Waals surface area contributed by atoms with Gasteiger partial charge in [0.15, 0.2) is 11.6 Å². The molecule has 2 aromatic heterocycles. The summed E-state index contributed by atoms with van der Waals surface area (Å²) in [6, 6.07) is 9.16. The van der Waals surface area contributed by atoms with Gasteiger partial charge >= 0.3 is 0 Å². The molecule has 0 saturated carbocycles. The third-order valence-electron chi connectivity index (χ3n) is 4.77. The Morgan fingerprint density at radius 1 is 1.27 bits per heavy atom. The Morgan fingerprint density at radius 3 is 2.92 bits per heavy atom. The van der Waals surface area contributed by atoms with Gasteiger partial charge in [-0.15, -0.1) is 10.2 Å². The summed E-state index contributed by atoms with van der Waals surface area (Å²) >= 11 is 0. The van der Waals surface area contributed by atoms with Crippen molar-refractivity contribution in [2.75, 3.05) is 13.1 Å². The number of benzene rings is 1. The first-order valence-electron chi connectivity index (χ1n) is 9.05. The Labute approximate surface area is 151 Å². The van der Waals surface area contributed by atoms with E-state index in [4.69, 9.17) is 4.42 Å². The van der Waals surface area contributed by atoms with Crippen LogP contribution in [0.2, 0.25) is 0 Å². The van der Waals surface area contributed by atoms with Crippen molar-refractivity contribution in [2.45, 2.75) is 32.9 Å². The van der Waals surface area contributed by atoms with E-state index in [1.54, 1.807) is 6.07 Å². The van der Waals surface area contributed by atoms with E-state index >= 15 is 0 Å². The molecule has 1 aliphatic heterocycles. The maximum Gasteiger partial charge on any atom is 0.287 e. The number of hydrogen-bond acceptors (Lipinski definition) is 5. The van der Waals surface area contributed by atoms with Crippen molar-refractivity contribution in [1.82, 2.24) is 25.4 Å². The lowest BCUT2D eigenvalue weighted by molar-refractivity contribution is 0.0896. The molecule has 1 amide bonds. The molecule has 7 heteroatoms. The van der Waals surface area contributed by atoms with Crippen LogP contribution in [-0.4, -0.2) is 33.8 Å². The molecule has 0 fully saturated rings. The number of amides is 1. The first-order chi connectivity index (χ1) is 12.6. The topological polar surface area (TPSA) is 85.0 Å². The molecule has 0 bridgehead atoms. The van der Waals surface area contributed by atoms with E-state index in [0.717, 1.165) is 43.1 Å². The lowest BCUT2D eigenvalue weighted by Crippen LogP contribution is -2.34. The van der Waals surface area contributed by atoms with Crippen LogP contribution in [0.15, 0.2) is 34.7 Å². The van der Waals surface area contributed by atoms with Crippen molar-refractivity contribution in [1.29, 1.82) is 0 Å². The SMILES string of the molecule is CC(C)C(NC(=O)c1cc2ccccc2o1)c1nnc2n1CCNCC2. The molecule has 2 N–H and O–H groups in total. The van der Waals surface area contributed by atoms with Crippen LogP contribution in [0.3, 0.4) is 0 Å². The van der Waals surface area contributed by atoms with Gasteiger partial charge in [-0.3, -0.25) is 4.79 Å². The van der Waals surface area contributed by atoms with Gasteiger partial charge in [0.1, 0.15) is 11.4 Å². The highest BCUT2D eigenvalue weighted by molar-refractivity contribution is 5.96. The fraction of sp³-hybridized carbons (Fsp3) is 0.421. The van der Waals surface area contributed by atoms with Crippen molar-refractivity contribution >= 4 is 16.9 Å². The number of rotatable bonds is 4. The molecule has 1 unspecified atom stereocenters. The first-order valence-corrected chi connectivity index (χ1v) is 9.05. The molecule has 4 rings (SSSR count). The number of furan rings is 1. The molecule has 0 aliphatic carbocycles. The number of carbonyl (C=O) groups is 1. The Morgan fingerprint density at radius 2 is 2.12 bits per heavy atom. The molecular weight excluding hydrogens is 330 g/mol. The maximum absolute atomic E-state index is 12.8. The monoisotopic (exact) mass is 353 g/mol. The minimum atomic E-state index is -0.232. The van der Waals surface area contributed by atoms with Crippen molar-refractivity contribution < 1.29 is 9.21 Å². The van der Waals surface area contributed by atoms with E-state index < -0.39 is 0 Å². The molecule has 1 aromatic carbocycles. The highest BCUT2D eigenvalue weighted by Gasteiger charge is 2.27. The summed E-state index contributed by atoms with van der Waals surface area (Å²) in [4.78, 5) is 12.8. The number of carbonyl (C=O) groups excluding carboxylic acids is 1. The number of nitrogens with one attached hydrogen (secondary N) is 2. The minimum Gasteiger partial charge on any atom is -0.451 e. The van der Waals surface area contributed by atoms with Crippen LogP contribution < -0.4 is 10.6 Å². The second-order valence-corrected chi connectivity index (χ2v) is 6.97. The number of para-hydroxylation sites is 1. The third-order valence-corrected chi connectivity index (χ3v) is 4.77. The summed E-state index contributed by atoms with van der Waals surface area (Å²) in [6.45, 7) is 6.72. The van der Waals surface area contributed by atoms with Crippen molar-refractivity contribution in [3.05, 3.63) is 47.7 Å². The molecular formula is C19H23N5O2. The highest BCUT2D eigenvalue weighted by atomic mass is 16.3. The van der Waals surface area contributed by atoms with Gasteiger partial charge in [-0.2, -0.15) is 0 Å². The van der Waals surface area contributed by atoms with Gasteiger partial charge in [0.25, 0.3) is 5.91 Å². The first kappa shape index (κ1) is 16.8. The molecule has 0 spiro atoms. The quantitative estimate of drug-likeness (QED) is 0.752. The average Bonchev–Trinajstić information content (AvgIpc) is 3.16. The van der Waals surface area contributed by atoms with Gasteiger partial charge in [0.05, 0.1) is 6.04 Å². The van der Waals surface area contributed by atoms with Crippen molar-refractivity contribution in [2.24, 2.45) is 5.92 Å². The number of fused-ring (bicyclic) bond motifs is 2. The summed E-state index contributed by atoms with van der Waals surface area (Å²) in [7, 11) is 0. The molecule has 3 heterocycles. The van der Waals surface area contributed by atoms with E-state index in [9.17, 15) is 4.79 Å². The highest BCUT2D eigenvalue weighted by Crippen LogP contribution is 2.24. The van der Waals surface area contributed by atoms with Gasteiger partial charge in [-0.05, 0) is 18.1 Å². The number of nitrogens with zero attached hydrogens (tertiary/aromatic N) is 3. The molecule has 1 aliphatic rings. The molecule has 136 valence electrons. The van der Waals surface area contributed by atoms with Crippen LogP contribution in [0, 0.1) is 5.92 Å². The van der Waals surface area contributed by atoms with Crippen LogP contribution in [-0.2, 0) is 13.0 Å². The Kier molecular flexibility index (Phi) is 4.46. The summed E-state index contributed by atoms with van der Waals surface area (Å²) in [5, 5.41) is 16.1. The molecule has 26 heavy (non-hydrogen) atoms. The summed E-state index contributed by atoms with van der Waals surface area (Å²) in [6.07, 6.45) is 0.843. The fourth-order valence-electron chi connectivity index (χ4n) is 3.36. The molecule has 1 atom stereocenters. The molecule has 0 saturated heterocycles. The van der Waals surface area contributed by atoms with Crippen LogP contribution in [0.25, 0.3) is 11.0 Å². The summed E-state index contributed by atoms with van der Waals surface area (Å²) in [5.41, 5.74) is 0.709. The zero-order valence-corrected chi connectivity index (χ0v) is 15.0. The van der Waals surface area contributed by atoms with Gasteiger partial charge in [0, 0.05) is 31.4 Å². The fourth-order valence-corrected chi connectivity index (χ4v) is 3.36. The number of aromatic nitrogens is 3. The molecule has 7 nitrogen and oxygen atoms in total. The zero-order chi connectivity index (χ0) is 18.1. The third kappa shape index (κ3) is 3.10. The maximum atomic E-state index is 12.8. The smallest absolute Gasteiger partial charge is 0.287 e. The largest absolute Gasteiger partial charge is 0.451 e. The second-order valence-electron chi connectivity index (χ2n) is 6.97. The van der Waals surface area contributed by atoms with Gasteiger partial charge in [-0.1, -0.05) is 32.0 Å². The predicted octanol–water partition coefficient (Wildman–Crippen LogP) is 2.30. The van der Waals surface area contributed by atoms with E-state index in [0.29, 0.717) is 11.3 Å². The lowest BCUT2D eigenvalue weighted by Gasteiger charge is -2.22. The lowest BCUT2D eigenvalue weighted by atomic mass is 10.0. The van der Waals surface area contributed by atoms with Gasteiger partial charge in [-0.25, -0.2) is 0 Å². The van der Waals surface area contributed by atoms with E-state index in [1.807, 2.05) is 24.3 Å². The minimum absolute atomic E-state index is 0.174. The normalized spacial score (nSPS) is 15.7. The van der Waals surface area contributed by atoms with Gasteiger partial charge < -0.3 is 19.6 Å². The molecule has 0 radical (unpaired) electrons.